The molecule has 46 heavy (non-hydrogen) atoms. The van der Waals surface area contributed by atoms with E-state index in [2.05, 4.69) is 60.7 Å². The van der Waals surface area contributed by atoms with E-state index in [-0.39, 0.29) is 11.2 Å². The molecule has 5 aromatic carbocycles. The third kappa shape index (κ3) is 11.5. The van der Waals surface area contributed by atoms with Crippen LogP contribution in [0.3, 0.4) is 0 Å². The maximum absolute atomic E-state index is 11.8. The van der Waals surface area contributed by atoms with Gasteiger partial charge in [-0.25, -0.2) is 0 Å². The SMILES string of the molecule is O[C@H](COCc1ccccc1)[C@@H](OCc1ccccc1)[C@@H](OCc1ccccc1)C(SCc1ccccc1)SCc1ccccc1. The minimum Gasteiger partial charge on any atom is -0.388 e. The summed E-state index contributed by atoms with van der Waals surface area (Å²) in [5.74, 6) is 1.62. The molecule has 0 unspecified atom stereocenters. The number of hydrogen-bond acceptors (Lipinski definition) is 6. The second-order valence-electron chi connectivity index (χ2n) is 11.1. The van der Waals surface area contributed by atoms with Gasteiger partial charge >= 0.3 is 0 Å². The van der Waals surface area contributed by atoms with Gasteiger partial charge in [-0.2, -0.15) is 0 Å². The summed E-state index contributed by atoms with van der Waals surface area (Å²) in [6.07, 6.45) is -2.00. The average Bonchev–Trinajstić information content (AvgIpc) is 3.12. The van der Waals surface area contributed by atoms with Crippen LogP contribution in [0.5, 0.6) is 0 Å². The lowest BCUT2D eigenvalue weighted by Crippen LogP contribution is -2.47. The van der Waals surface area contributed by atoms with Crippen molar-refractivity contribution in [3.63, 3.8) is 0 Å². The number of benzene rings is 5. The van der Waals surface area contributed by atoms with E-state index in [0.29, 0.717) is 19.8 Å². The molecule has 3 atom stereocenters. The summed E-state index contributed by atoms with van der Waals surface area (Å²) in [7, 11) is 0. The monoisotopic (exact) mass is 650 g/mol. The lowest BCUT2D eigenvalue weighted by molar-refractivity contribution is -0.142. The van der Waals surface area contributed by atoms with Crippen molar-refractivity contribution in [1.82, 2.24) is 0 Å². The van der Waals surface area contributed by atoms with E-state index in [1.54, 1.807) is 0 Å². The van der Waals surface area contributed by atoms with Crippen LogP contribution in [0.2, 0.25) is 0 Å². The molecule has 1 N–H and O–H groups in total. The topological polar surface area (TPSA) is 47.9 Å². The summed E-state index contributed by atoms with van der Waals surface area (Å²) in [5.41, 5.74) is 5.66. The highest BCUT2D eigenvalue weighted by Gasteiger charge is 2.37. The fraction of sp³-hybridized carbons (Fsp3) is 0.250. The van der Waals surface area contributed by atoms with Crippen molar-refractivity contribution < 1.29 is 19.3 Å². The van der Waals surface area contributed by atoms with Crippen LogP contribution in [0.1, 0.15) is 27.8 Å². The van der Waals surface area contributed by atoms with Crippen molar-refractivity contribution in [1.29, 1.82) is 0 Å². The van der Waals surface area contributed by atoms with Crippen LogP contribution < -0.4 is 0 Å². The van der Waals surface area contributed by atoms with Crippen molar-refractivity contribution in [2.24, 2.45) is 0 Å². The number of aliphatic hydroxyl groups is 1. The van der Waals surface area contributed by atoms with Crippen LogP contribution in [-0.2, 0) is 45.5 Å². The molecule has 0 amide bonds. The molecule has 238 valence electrons. The van der Waals surface area contributed by atoms with Gasteiger partial charge in [-0.05, 0) is 27.8 Å². The summed E-state index contributed by atoms with van der Waals surface area (Å²) in [6, 6.07) is 51.3. The molecule has 5 aromatic rings. The second-order valence-corrected chi connectivity index (χ2v) is 13.6. The molecule has 0 aliphatic rings. The van der Waals surface area contributed by atoms with E-state index in [1.165, 1.54) is 11.1 Å². The Kier molecular flexibility index (Phi) is 14.3. The molecule has 0 heterocycles. The maximum Gasteiger partial charge on any atom is 0.114 e. The van der Waals surface area contributed by atoms with Crippen LogP contribution in [-0.4, -0.2) is 34.6 Å². The van der Waals surface area contributed by atoms with Crippen LogP contribution in [0.4, 0.5) is 0 Å². The summed E-state index contributed by atoms with van der Waals surface area (Å²) in [6.45, 7) is 1.29. The first-order valence-electron chi connectivity index (χ1n) is 15.7. The zero-order valence-corrected chi connectivity index (χ0v) is 27.6. The molecule has 5 rings (SSSR count). The standard InChI is InChI=1S/C40H42O4S2/c41-37(29-42-26-32-16-6-1-7-17-32)38(43-27-33-18-8-2-9-19-33)39(44-28-34-20-10-3-11-21-34)40(45-30-35-22-12-4-13-23-35)46-31-36-24-14-5-15-25-36/h1-25,37-41H,26-31H2/t37-,38-,39-/m1/s1. The number of aliphatic hydroxyl groups excluding tert-OH is 1. The molecule has 4 nitrogen and oxygen atoms in total. The van der Waals surface area contributed by atoms with Gasteiger partial charge in [0.15, 0.2) is 0 Å². The molecule has 0 spiro atoms. The number of thioether (sulfide) groups is 2. The minimum atomic E-state index is -0.912. The lowest BCUT2D eigenvalue weighted by atomic mass is 10.1. The smallest absolute Gasteiger partial charge is 0.114 e. The molecule has 0 saturated carbocycles. The normalized spacial score (nSPS) is 13.3. The molecule has 0 aromatic heterocycles. The molecule has 0 saturated heterocycles. The summed E-state index contributed by atoms with van der Waals surface area (Å²) in [4.78, 5) is 0. The zero-order valence-electron chi connectivity index (χ0n) is 26.0. The molecular weight excluding hydrogens is 609 g/mol. The highest BCUT2D eigenvalue weighted by molar-refractivity contribution is 8.16. The summed E-state index contributed by atoms with van der Waals surface area (Å²) >= 11 is 3.66. The molecule has 0 aliphatic heterocycles. The van der Waals surface area contributed by atoms with Gasteiger partial charge in [-0.15, -0.1) is 23.5 Å². The average molecular weight is 651 g/mol. The molecule has 0 bridgehead atoms. The molecule has 0 aliphatic carbocycles. The minimum absolute atomic E-state index is 0.0475. The third-order valence-electron chi connectivity index (χ3n) is 7.46. The second kappa shape index (κ2) is 19.3. The van der Waals surface area contributed by atoms with Gasteiger partial charge < -0.3 is 19.3 Å². The first-order chi connectivity index (χ1) is 22.7. The number of rotatable bonds is 19. The van der Waals surface area contributed by atoms with Gasteiger partial charge in [0.1, 0.15) is 18.3 Å². The van der Waals surface area contributed by atoms with Crippen LogP contribution >= 0.6 is 23.5 Å². The van der Waals surface area contributed by atoms with Crippen LogP contribution in [0.15, 0.2) is 152 Å². The zero-order chi connectivity index (χ0) is 31.7. The largest absolute Gasteiger partial charge is 0.388 e. The van der Waals surface area contributed by atoms with Gasteiger partial charge in [0, 0.05) is 11.5 Å². The first kappa shape index (κ1) is 34.0. The number of hydrogen-bond donors (Lipinski definition) is 1. The van der Waals surface area contributed by atoms with Gasteiger partial charge in [-0.1, -0.05) is 152 Å². The Morgan fingerprint density at radius 3 is 1.20 bits per heavy atom. The third-order valence-corrected chi connectivity index (χ3v) is 10.5. The van der Waals surface area contributed by atoms with Gasteiger partial charge in [0.05, 0.1) is 31.0 Å². The van der Waals surface area contributed by atoms with E-state index in [9.17, 15) is 5.11 Å². The fourth-order valence-corrected chi connectivity index (χ4v) is 7.73. The highest BCUT2D eigenvalue weighted by atomic mass is 32.2. The van der Waals surface area contributed by atoms with Crippen LogP contribution in [0, 0.1) is 0 Å². The molecule has 6 heteroatoms. The lowest BCUT2D eigenvalue weighted by Gasteiger charge is -2.36. The predicted molar refractivity (Wildman–Crippen MR) is 191 cm³/mol. The van der Waals surface area contributed by atoms with E-state index < -0.39 is 18.3 Å². The van der Waals surface area contributed by atoms with Crippen molar-refractivity contribution in [3.05, 3.63) is 179 Å². The quantitative estimate of drug-likeness (QED) is 0.0901. The Bertz CT molecular complexity index is 1450. The Labute approximate surface area is 282 Å². The van der Waals surface area contributed by atoms with Gasteiger partial charge in [-0.3, -0.25) is 0 Å². The van der Waals surface area contributed by atoms with Crippen molar-refractivity contribution in [3.8, 4) is 0 Å². The molecule has 0 fully saturated rings. The van der Waals surface area contributed by atoms with Crippen molar-refractivity contribution in [2.75, 3.05) is 6.61 Å². The van der Waals surface area contributed by atoms with Gasteiger partial charge in [0.2, 0.25) is 0 Å². The Balaban J connectivity index is 1.42. The van der Waals surface area contributed by atoms with Crippen molar-refractivity contribution in [2.45, 2.75) is 54.2 Å². The number of ether oxygens (including phenoxy) is 3. The van der Waals surface area contributed by atoms with Crippen molar-refractivity contribution >= 4 is 23.5 Å². The Morgan fingerprint density at radius 2 is 0.783 bits per heavy atom. The Hall–Kier alpha value is -3.36. The van der Waals surface area contributed by atoms with E-state index in [0.717, 1.165) is 28.2 Å². The highest BCUT2D eigenvalue weighted by Crippen LogP contribution is 2.37. The maximum atomic E-state index is 11.8. The fourth-order valence-electron chi connectivity index (χ4n) is 5.00. The predicted octanol–water partition coefficient (Wildman–Crippen LogP) is 8.93. The van der Waals surface area contributed by atoms with Gasteiger partial charge in [0.25, 0.3) is 0 Å². The molecular formula is C40H42O4S2. The van der Waals surface area contributed by atoms with E-state index in [1.807, 2.05) is 115 Å². The molecule has 0 radical (unpaired) electrons. The van der Waals surface area contributed by atoms with Crippen LogP contribution in [0.25, 0.3) is 0 Å². The van der Waals surface area contributed by atoms with E-state index in [4.69, 9.17) is 14.2 Å². The van der Waals surface area contributed by atoms with E-state index >= 15 is 0 Å². The summed E-state index contributed by atoms with van der Waals surface area (Å²) < 4.78 is 19.5. The summed E-state index contributed by atoms with van der Waals surface area (Å²) in [5, 5.41) is 11.8. The first-order valence-corrected chi connectivity index (χ1v) is 17.8. The Morgan fingerprint density at radius 1 is 0.435 bits per heavy atom.